The summed E-state index contributed by atoms with van der Waals surface area (Å²) in [6.07, 6.45) is 3.61. The molecule has 0 unspecified atom stereocenters. The first-order valence-electron chi connectivity index (χ1n) is 4.88. The van der Waals surface area contributed by atoms with Crippen LogP contribution in [0.15, 0.2) is 18.3 Å². The lowest BCUT2D eigenvalue weighted by molar-refractivity contribution is 0.0935. The Morgan fingerprint density at radius 1 is 1.53 bits per heavy atom. The number of nitrogens with zero attached hydrogens (tertiary/aromatic N) is 1. The number of nitrogens with two attached hydrogens (primary N) is 1. The van der Waals surface area contributed by atoms with Crippen LogP contribution >= 0.6 is 0 Å². The number of anilines is 1. The second kappa shape index (κ2) is 3.51. The number of hydrazine groups is 1. The summed E-state index contributed by atoms with van der Waals surface area (Å²) in [6, 6.07) is 3.37. The van der Waals surface area contributed by atoms with Gasteiger partial charge in [0.25, 0.3) is 5.91 Å². The molecule has 5 heteroatoms. The highest BCUT2D eigenvalue weighted by Gasteiger charge is 2.38. The Labute approximate surface area is 88.0 Å². The van der Waals surface area contributed by atoms with Crippen LogP contribution in [0.4, 0.5) is 5.82 Å². The van der Waals surface area contributed by atoms with Gasteiger partial charge in [-0.3, -0.25) is 4.79 Å². The Morgan fingerprint density at radius 2 is 2.27 bits per heavy atom. The summed E-state index contributed by atoms with van der Waals surface area (Å²) in [6.45, 7) is 2.04. The number of carbonyl (C=O) groups excluding carboxylic acids is 1. The molecule has 1 saturated carbocycles. The zero-order valence-electron chi connectivity index (χ0n) is 8.58. The van der Waals surface area contributed by atoms with Crippen molar-refractivity contribution >= 4 is 11.7 Å². The lowest BCUT2D eigenvalue weighted by Gasteiger charge is -2.11. The molecule has 0 atom stereocenters. The van der Waals surface area contributed by atoms with E-state index in [1.165, 1.54) is 6.20 Å². The zero-order chi connectivity index (χ0) is 10.9. The molecule has 0 bridgehead atoms. The number of carbonyl (C=O) groups is 1. The van der Waals surface area contributed by atoms with E-state index in [9.17, 15) is 4.79 Å². The molecule has 1 amide bonds. The fraction of sp³-hybridized carbons (Fsp3) is 0.400. The van der Waals surface area contributed by atoms with Crippen LogP contribution < -0.4 is 16.6 Å². The van der Waals surface area contributed by atoms with E-state index in [0.717, 1.165) is 12.8 Å². The summed E-state index contributed by atoms with van der Waals surface area (Å²) in [4.78, 5) is 15.7. The van der Waals surface area contributed by atoms with Gasteiger partial charge in [0.15, 0.2) is 0 Å². The highest BCUT2D eigenvalue weighted by molar-refractivity contribution is 5.94. The third kappa shape index (κ3) is 2.24. The number of aromatic nitrogens is 1. The number of hydrogen-bond donors (Lipinski definition) is 3. The van der Waals surface area contributed by atoms with Crippen LogP contribution in [0.1, 0.15) is 30.1 Å². The van der Waals surface area contributed by atoms with Gasteiger partial charge in [0.1, 0.15) is 5.82 Å². The molecule has 1 heterocycles. The second-order valence-electron chi connectivity index (χ2n) is 4.09. The number of hydrogen-bond acceptors (Lipinski definition) is 4. The molecular formula is C10H14N4O. The molecule has 1 aromatic rings. The fourth-order valence-corrected chi connectivity index (χ4v) is 1.27. The van der Waals surface area contributed by atoms with Gasteiger partial charge in [-0.1, -0.05) is 0 Å². The zero-order valence-corrected chi connectivity index (χ0v) is 8.58. The monoisotopic (exact) mass is 206 g/mol. The van der Waals surface area contributed by atoms with Crippen LogP contribution in [0.25, 0.3) is 0 Å². The van der Waals surface area contributed by atoms with E-state index in [2.05, 4.69) is 15.7 Å². The molecule has 0 saturated heterocycles. The first-order valence-corrected chi connectivity index (χ1v) is 4.88. The van der Waals surface area contributed by atoms with Crippen molar-refractivity contribution in [3.8, 4) is 0 Å². The number of amides is 1. The molecule has 2 rings (SSSR count). The third-order valence-electron chi connectivity index (χ3n) is 2.59. The molecule has 0 aromatic carbocycles. The lowest BCUT2D eigenvalue weighted by Crippen LogP contribution is -2.34. The average molecular weight is 206 g/mol. The SMILES string of the molecule is CC1(NC(=O)c2ccc(NN)nc2)CC1. The smallest absolute Gasteiger partial charge is 0.253 e. The van der Waals surface area contributed by atoms with Crippen molar-refractivity contribution in [1.29, 1.82) is 0 Å². The van der Waals surface area contributed by atoms with Crippen molar-refractivity contribution in [3.63, 3.8) is 0 Å². The topological polar surface area (TPSA) is 80.0 Å². The Morgan fingerprint density at radius 3 is 2.73 bits per heavy atom. The molecule has 1 fully saturated rings. The molecule has 80 valence electrons. The molecule has 0 radical (unpaired) electrons. The molecule has 0 spiro atoms. The summed E-state index contributed by atoms with van der Waals surface area (Å²) in [7, 11) is 0. The van der Waals surface area contributed by atoms with Gasteiger partial charge in [-0.25, -0.2) is 10.8 Å². The van der Waals surface area contributed by atoms with Gasteiger partial charge >= 0.3 is 0 Å². The molecule has 0 aliphatic heterocycles. The molecule has 1 aliphatic carbocycles. The van der Waals surface area contributed by atoms with E-state index in [-0.39, 0.29) is 11.4 Å². The van der Waals surface area contributed by atoms with Crippen molar-refractivity contribution in [2.75, 3.05) is 5.43 Å². The van der Waals surface area contributed by atoms with Crippen molar-refractivity contribution in [2.24, 2.45) is 5.84 Å². The van der Waals surface area contributed by atoms with Gasteiger partial charge in [-0.15, -0.1) is 0 Å². The van der Waals surface area contributed by atoms with Gasteiger partial charge in [-0.2, -0.15) is 0 Å². The van der Waals surface area contributed by atoms with Crippen LogP contribution in [0.3, 0.4) is 0 Å². The van der Waals surface area contributed by atoms with E-state index in [0.29, 0.717) is 11.4 Å². The van der Waals surface area contributed by atoms with Gasteiger partial charge in [-0.05, 0) is 31.9 Å². The Hall–Kier alpha value is -1.62. The molecule has 15 heavy (non-hydrogen) atoms. The number of pyridine rings is 1. The quantitative estimate of drug-likeness (QED) is 0.501. The van der Waals surface area contributed by atoms with Gasteiger partial charge < -0.3 is 10.7 Å². The molecule has 5 nitrogen and oxygen atoms in total. The molecule has 4 N–H and O–H groups in total. The Bertz CT molecular complexity index is 370. The van der Waals surface area contributed by atoms with E-state index >= 15 is 0 Å². The van der Waals surface area contributed by atoms with Gasteiger partial charge in [0.2, 0.25) is 0 Å². The third-order valence-corrected chi connectivity index (χ3v) is 2.59. The Kier molecular flexibility index (Phi) is 2.32. The predicted molar refractivity (Wildman–Crippen MR) is 57.2 cm³/mol. The minimum atomic E-state index is -0.0777. The normalized spacial score (nSPS) is 16.9. The molecular weight excluding hydrogens is 192 g/mol. The summed E-state index contributed by atoms with van der Waals surface area (Å²) in [5.74, 6) is 5.64. The summed E-state index contributed by atoms with van der Waals surface area (Å²) in [5, 5.41) is 2.95. The highest BCUT2D eigenvalue weighted by Crippen LogP contribution is 2.34. The Balaban J connectivity index is 2.05. The van der Waals surface area contributed by atoms with Crippen molar-refractivity contribution in [3.05, 3.63) is 23.9 Å². The molecule has 1 aromatic heterocycles. The van der Waals surface area contributed by atoms with E-state index in [1.54, 1.807) is 12.1 Å². The largest absolute Gasteiger partial charge is 0.347 e. The van der Waals surface area contributed by atoms with E-state index in [1.807, 2.05) is 6.92 Å². The minimum Gasteiger partial charge on any atom is -0.347 e. The first kappa shape index (κ1) is 9.92. The first-order chi connectivity index (χ1) is 7.13. The van der Waals surface area contributed by atoms with Gasteiger partial charge in [0.05, 0.1) is 5.56 Å². The predicted octanol–water partition coefficient (Wildman–Crippen LogP) is 0.649. The van der Waals surface area contributed by atoms with Crippen LogP contribution in [-0.4, -0.2) is 16.4 Å². The lowest BCUT2D eigenvalue weighted by atomic mass is 10.2. The van der Waals surface area contributed by atoms with Crippen LogP contribution in [-0.2, 0) is 0 Å². The van der Waals surface area contributed by atoms with E-state index in [4.69, 9.17) is 5.84 Å². The van der Waals surface area contributed by atoms with Crippen LogP contribution in [0, 0.1) is 0 Å². The number of nitrogens with one attached hydrogen (secondary N) is 2. The van der Waals surface area contributed by atoms with Crippen molar-refractivity contribution in [2.45, 2.75) is 25.3 Å². The highest BCUT2D eigenvalue weighted by atomic mass is 16.1. The molecule has 1 aliphatic rings. The van der Waals surface area contributed by atoms with E-state index < -0.39 is 0 Å². The number of nitrogen functional groups attached to an aromatic ring is 1. The van der Waals surface area contributed by atoms with Crippen LogP contribution in [0.5, 0.6) is 0 Å². The maximum atomic E-state index is 11.7. The maximum absolute atomic E-state index is 11.7. The van der Waals surface area contributed by atoms with Crippen LogP contribution in [0.2, 0.25) is 0 Å². The summed E-state index contributed by atoms with van der Waals surface area (Å²) >= 11 is 0. The minimum absolute atomic E-state index is 0.00186. The van der Waals surface area contributed by atoms with Gasteiger partial charge in [0, 0.05) is 11.7 Å². The summed E-state index contributed by atoms with van der Waals surface area (Å²) in [5.41, 5.74) is 2.97. The maximum Gasteiger partial charge on any atom is 0.253 e. The standard InChI is InChI=1S/C10H14N4O/c1-10(4-5-10)13-9(15)7-2-3-8(14-11)12-6-7/h2-3,6H,4-5,11H2,1H3,(H,12,14)(H,13,15). The number of rotatable bonds is 3. The second-order valence-corrected chi connectivity index (χ2v) is 4.09. The summed E-state index contributed by atoms with van der Waals surface area (Å²) < 4.78 is 0. The van der Waals surface area contributed by atoms with Crippen molar-refractivity contribution in [1.82, 2.24) is 10.3 Å². The van der Waals surface area contributed by atoms with Crippen molar-refractivity contribution < 1.29 is 4.79 Å². The average Bonchev–Trinajstić information content (AvgIpc) is 2.96. The fourth-order valence-electron chi connectivity index (χ4n) is 1.27.